The third-order valence-electron chi connectivity index (χ3n) is 2.82. The van der Waals surface area contributed by atoms with Gasteiger partial charge >= 0.3 is 0 Å². The van der Waals surface area contributed by atoms with Crippen LogP contribution >= 0.6 is 0 Å². The van der Waals surface area contributed by atoms with E-state index in [4.69, 9.17) is 10.5 Å². The molecule has 0 aromatic rings. The highest BCUT2D eigenvalue weighted by Gasteiger charge is 2.30. The minimum Gasteiger partial charge on any atom is -0.375 e. The number of carbonyl (C=O) groups is 1. The quantitative estimate of drug-likeness (QED) is 0.730. The van der Waals surface area contributed by atoms with Crippen LogP contribution in [0.5, 0.6) is 0 Å². The smallest absolute Gasteiger partial charge is 0.237 e. The fraction of sp³-hybridized carbons (Fsp3) is 0.909. The molecule has 1 fully saturated rings. The first-order valence-corrected chi connectivity index (χ1v) is 5.64. The van der Waals surface area contributed by atoms with Crippen LogP contribution in [-0.2, 0) is 9.53 Å². The zero-order chi connectivity index (χ0) is 11.5. The molecule has 15 heavy (non-hydrogen) atoms. The Kier molecular flexibility index (Phi) is 4.11. The van der Waals surface area contributed by atoms with Crippen LogP contribution in [0.2, 0.25) is 0 Å². The number of ether oxygens (including phenoxy) is 1. The van der Waals surface area contributed by atoms with E-state index in [1.165, 1.54) is 0 Å². The van der Waals surface area contributed by atoms with E-state index in [9.17, 15) is 4.79 Å². The van der Waals surface area contributed by atoms with Crippen molar-refractivity contribution in [2.45, 2.75) is 57.7 Å². The minimum atomic E-state index is -0.379. The van der Waals surface area contributed by atoms with Gasteiger partial charge in [0.2, 0.25) is 5.91 Å². The summed E-state index contributed by atoms with van der Waals surface area (Å²) in [5.74, 6) is -0.0415. The van der Waals surface area contributed by atoms with E-state index < -0.39 is 0 Å². The van der Waals surface area contributed by atoms with E-state index in [-0.39, 0.29) is 23.6 Å². The van der Waals surface area contributed by atoms with Gasteiger partial charge in [-0.25, -0.2) is 0 Å². The molecule has 0 aliphatic carbocycles. The van der Waals surface area contributed by atoms with Gasteiger partial charge in [-0.2, -0.15) is 0 Å². The van der Waals surface area contributed by atoms with Crippen molar-refractivity contribution in [3.8, 4) is 0 Å². The summed E-state index contributed by atoms with van der Waals surface area (Å²) in [6, 6.07) is -0.171. The molecule has 3 N–H and O–H groups in total. The van der Waals surface area contributed by atoms with E-state index in [1.54, 1.807) is 0 Å². The van der Waals surface area contributed by atoms with E-state index in [0.717, 1.165) is 12.8 Å². The summed E-state index contributed by atoms with van der Waals surface area (Å²) in [6.45, 7) is 6.72. The average molecular weight is 214 g/mol. The second kappa shape index (κ2) is 4.94. The molecule has 2 atom stereocenters. The second-order valence-electron chi connectivity index (χ2n) is 4.82. The Morgan fingerprint density at radius 2 is 2.33 bits per heavy atom. The summed E-state index contributed by atoms with van der Waals surface area (Å²) in [5.41, 5.74) is 5.53. The average Bonchev–Trinajstić information content (AvgIpc) is 2.14. The molecule has 4 nitrogen and oxygen atoms in total. The van der Waals surface area contributed by atoms with Crippen molar-refractivity contribution < 1.29 is 9.53 Å². The molecule has 0 aromatic heterocycles. The molecule has 0 radical (unpaired) electrons. The number of rotatable bonds is 3. The lowest BCUT2D eigenvalue weighted by atomic mass is 9.93. The maximum atomic E-state index is 11.6. The molecule has 1 unspecified atom stereocenters. The number of nitrogens with two attached hydrogens (primary N) is 1. The Bertz CT molecular complexity index is 229. The second-order valence-corrected chi connectivity index (χ2v) is 4.82. The summed E-state index contributed by atoms with van der Waals surface area (Å²) in [4.78, 5) is 11.6. The van der Waals surface area contributed by atoms with Crippen molar-refractivity contribution in [1.82, 2.24) is 5.32 Å². The Morgan fingerprint density at radius 3 is 2.87 bits per heavy atom. The van der Waals surface area contributed by atoms with Gasteiger partial charge in [0.15, 0.2) is 0 Å². The Balaban J connectivity index is 2.41. The number of nitrogens with one attached hydrogen (secondary N) is 1. The number of hydrogen-bond donors (Lipinski definition) is 2. The van der Waals surface area contributed by atoms with Crippen LogP contribution in [0.15, 0.2) is 0 Å². The summed E-state index contributed by atoms with van der Waals surface area (Å²) in [5, 5.41) is 2.98. The Labute approximate surface area is 91.5 Å². The molecular weight excluding hydrogens is 192 g/mol. The lowest BCUT2D eigenvalue weighted by Crippen LogP contribution is -2.50. The summed E-state index contributed by atoms with van der Waals surface area (Å²) < 4.78 is 5.58. The van der Waals surface area contributed by atoms with E-state index in [1.807, 2.05) is 20.8 Å². The standard InChI is InChI=1S/C11H22N2O2/c1-4-9(12)10(14)13-8-5-6-15-11(2,3)7-8/h8-9H,4-7,12H2,1-3H3,(H,13,14)/t8?,9-/m0/s1. The number of carbonyl (C=O) groups excluding carboxylic acids is 1. The topological polar surface area (TPSA) is 64.4 Å². The van der Waals surface area contributed by atoms with Crippen LogP contribution in [0.1, 0.15) is 40.0 Å². The van der Waals surface area contributed by atoms with E-state index in [2.05, 4.69) is 5.32 Å². The van der Waals surface area contributed by atoms with Crippen LogP contribution in [-0.4, -0.2) is 30.2 Å². The van der Waals surface area contributed by atoms with Crippen LogP contribution in [0.3, 0.4) is 0 Å². The summed E-state index contributed by atoms with van der Waals surface area (Å²) in [6.07, 6.45) is 2.42. The Morgan fingerprint density at radius 1 is 1.67 bits per heavy atom. The predicted octanol–water partition coefficient (Wildman–Crippen LogP) is 0.797. The van der Waals surface area contributed by atoms with Crippen LogP contribution in [0, 0.1) is 0 Å². The number of hydrogen-bond acceptors (Lipinski definition) is 3. The monoisotopic (exact) mass is 214 g/mol. The molecule has 0 saturated carbocycles. The van der Waals surface area contributed by atoms with Crippen molar-refractivity contribution in [2.24, 2.45) is 5.73 Å². The van der Waals surface area contributed by atoms with Gasteiger partial charge in [0.05, 0.1) is 11.6 Å². The predicted molar refractivity (Wildman–Crippen MR) is 59.5 cm³/mol. The van der Waals surface area contributed by atoms with Crippen LogP contribution in [0.25, 0.3) is 0 Å². The maximum Gasteiger partial charge on any atom is 0.237 e. The van der Waals surface area contributed by atoms with E-state index in [0.29, 0.717) is 13.0 Å². The SMILES string of the molecule is CC[C@H](N)C(=O)NC1CCOC(C)(C)C1. The lowest BCUT2D eigenvalue weighted by molar-refractivity contribution is -0.125. The van der Waals surface area contributed by atoms with Gasteiger partial charge in [-0.15, -0.1) is 0 Å². The fourth-order valence-electron chi connectivity index (χ4n) is 1.85. The molecule has 1 rings (SSSR count). The molecule has 0 spiro atoms. The molecule has 1 aliphatic rings. The Hall–Kier alpha value is -0.610. The third-order valence-corrected chi connectivity index (χ3v) is 2.82. The lowest BCUT2D eigenvalue weighted by Gasteiger charge is -2.36. The molecule has 1 amide bonds. The zero-order valence-corrected chi connectivity index (χ0v) is 9.88. The molecule has 4 heteroatoms. The van der Waals surface area contributed by atoms with Crippen molar-refractivity contribution in [3.05, 3.63) is 0 Å². The normalized spacial score (nSPS) is 27.1. The first-order chi connectivity index (χ1) is 6.94. The van der Waals surface area contributed by atoms with Crippen LogP contribution in [0.4, 0.5) is 0 Å². The van der Waals surface area contributed by atoms with Gasteiger partial charge in [-0.05, 0) is 33.1 Å². The first kappa shape index (κ1) is 12.5. The summed E-state index contributed by atoms with van der Waals surface area (Å²) >= 11 is 0. The van der Waals surface area contributed by atoms with Gasteiger partial charge < -0.3 is 15.8 Å². The molecule has 1 aliphatic heterocycles. The zero-order valence-electron chi connectivity index (χ0n) is 9.88. The maximum absolute atomic E-state index is 11.6. The molecule has 0 bridgehead atoms. The van der Waals surface area contributed by atoms with Crippen LogP contribution < -0.4 is 11.1 Å². The van der Waals surface area contributed by atoms with Crippen molar-refractivity contribution in [2.75, 3.05) is 6.61 Å². The molecule has 1 heterocycles. The fourth-order valence-corrected chi connectivity index (χ4v) is 1.85. The first-order valence-electron chi connectivity index (χ1n) is 5.64. The highest BCUT2D eigenvalue weighted by molar-refractivity contribution is 5.81. The largest absolute Gasteiger partial charge is 0.375 e. The molecule has 0 aromatic carbocycles. The number of amides is 1. The minimum absolute atomic E-state index is 0.0415. The van der Waals surface area contributed by atoms with Crippen molar-refractivity contribution in [3.63, 3.8) is 0 Å². The third kappa shape index (κ3) is 3.80. The molecule has 1 saturated heterocycles. The van der Waals surface area contributed by atoms with Crippen molar-refractivity contribution >= 4 is 5.91 Å². The van der Waals surface area contributed by atoms with Gasteiger partial charge in [-0.3, -0.25) is 4.79 Å². The van der Waals surface area contributed by atoms with Gasteiger partial charge in [0.1, 0.15) is 0 Å². The van der Waals surface area contributed by atoms with E-state index >= 15 is 0 Å². The van der Waals surface area contributed by atoms with Gasteiger partial charge in [0, 0.05) is 12.6 Å². The summed E-state index contributed by atoms with van der Waals surface area (Å²) in [7, 11) is 0. The van der Waals surface area contributed by atoms with Gasteiger partial charge in [-0.1, -0.05) is 6.92 Å². The highest BCUT2D eigenvalue weighted by Crippen LogP contribution is 2.23. The molecular formula is C11H22N2O2. The molecule has 88 valence electrons. The highest BCUT2D eigenvalue weighted by atomic mass is 16.5. The van der Waals surface area contributed by atoms with Crippen molar-refractivity contribution in [1.29, 1.82) is 0 Å². The van der Waals surface area contributed by atoms with Gasteiger partial charge in [0.25, 0.3) is 0 Å².